The molecule has 3 heterocycles. The van der Waals surface area contributed by atoms with Crippen LogP contribution in [0, 0.1) is 19.7 Å². The van der Waals surface area contributed by atoms with E-state index in [9.17, 15) is 9.18 Å². The number of pyridine rings is 1. The molecule has 2 fully saturated rings. The number of piperazine rings is 1. The maximum absolute atomic E-state index is 14.5. The molecule has 0 amide bonds. The zero-order valence-electron chi connectivity index (χ0n) is 21.3. The molecule has 1 aliphatic heterocycles. The standard InChI is InChI=1S/C28H32FN7O/c1-18-15-20-17-22(28(37)30-24(20)16-19(18)2)26(27-31-32-33-36(27)21-7-3-4-8-21)35-13-11-34(12-14-35)25-10-6-5-9-23(25)29/h5-6,9-10,15-17,21,26H,3-4,7-8,11-14H2,1-2H3,(H,30,37)/t26-/m1/s1. The minimum atomic E-state index is -0.395. The normalized spacial score (nSPS) is 18.1. The first kappa shape index (κ1) is 23.8. The minimum absolute atomic E-state index is 0.127. The van der Waals surface area contributed by atoms with Crippen molar-refractivity contribution in [3.8, 4) is 0 Å². The van der Waals surface area contributed by atoms with Crippen LogP contribution in [0.1, 0.15) is 60.3 Å². The summed E-state index contributed by atoms with van der Waals surface area (Å²) in [7, 11) is 0. The minimum Gasteiger partial charge on any atom is -0.367 e. The fourth-order valence-corrected chi connectivity index (χ4v) is 5.91. The van der Waals surface area contributed by atoms with Gasteiger partial charge in [0.15, 0.2) is 5.82 Å². The van der Waals surface area contributed by atoms with Crippen LogP contribution >= 0.6 is 0 Å². The Balaban J connectivity index is 1.41. The van der Waals surface area contributed by atoms with Gasteiger partial charge in [-0.25, -0.2) is 9.07 Å². The van der Waals surface area contributed by atoms with Crippen LogP contribution in [0.25, 0.3) is 10.9 Å². The molecule has 1 atom stereocenters. The molecule has 0 spiro atoms. The molecule has 1 saturated carbocycles. The van der Waals surface area contributed by atoms with Crippen LogP contribution in [-0.4, -0.2) is 56.3 Å². The molecule has 0 bridgehead atoms. The zero-order chi connectivity index (χ0) is 25.5. The average Bonchev–Trinajstić information content (AvgIpc) is 3.59. The molecule has 0 unspecified atom stereocenters. The second-order valence-electron chi connectivity index (χ2n) is 10.4. The van der Waals surface area contributed by atoms with Crippen LogP contribution < -0.4 is 10.5 Å². The number of nitrogens with zero attached hydrogens (tertiary/aromatic N) is 6. The molecular formula is C28H32FN7O. The highest BCUT2D eigenvalue weighted by Crippen LogP contribution is 2.34. The van der Waals surface area contributed by atoms with Gasteiger partial charge in [0.05, 0.1) is 11.7 Å². The van der Waals surface area contributed by atoms with Gasteiger partial charge in [-0.3, -0.25) is 9.69 Å². The summed E-state index contributed by atoms with van der Waals surface area (Å²) in [6.07, 6.45) is 4.40. The maximum Gasteiger partial charge on any atom is 0.253 e. The molecule has 2 aliphatic rings. The number of nitrogens with one attached hydrogen (secondary N) is 1. The molecule has 8 nitrogen and oxygen atoms in total. The SMILES string of the molecule is Cc1cc2cc([C@H](c3nnnn3C3CCCC3)N3CCN(c4ccccc4F)CC3)c(=O)[nH]c2cc1C. The third kappa shape index (κ3) is 4.41. The van der Waals surface area contributed by atoms with E-state index in [1.807, 2.05) is 28.9 Å². The number of benzene rings is 2. The number of hydrogen-bond acceptors (Lipinski definition) is 6. The lowest BCUT2D eigenvalue weighted by atomic mass is 10.00. The lowest BCUT2D eigenvalue weighted by molar-refractivity contribution is 0.196. The van der Waals surface area contributed by atoms with Crippen molar-refractivity contribution in [1.82, 2.24) is 30.1 Å². The molecule has 1 saturated heterocycles. The number of aromatic amines is 1. The summed E-state index contributed by atoms with van der Waals surface area (Å²) in [5.41, 5.74) is 4.28. The average molecular weight is 502 g/mol. The van der Waals surface area contributed by atoms with Crippen molar-refractivity contribution in [3.05, 3.63) is 81.2 Å². The van der Waals surface area contributed by atoms with Crippen LogP contribution in [0.3, 0.4) is 0 Å². The van der Waals surface area contributed by atoms with Gasteiger partial charge in [0.2, 0.25) is 0 Å². The third-order valence-electron chi connectivity index (χ3n) is 8.09. The Kier molecular flexibility index (Phi) is 6.24. The second-order valence-corrected chi connectivity index (χ2v) is 10.4. The van der Waals surface area contributed by atoms with E-state index in [0.29, 0.717) is 43.3 Å². The molecule has 1 N–H and O–H groups in total. The van der Waals surface area contributed by atoms with Crippen molar-refractivity contribution in [3.63, 3.8) is 0 Å². The largest absolute Gasteiger partial charge is 0.367 e. The highest BCUT2D eigenvalue weighted by molar-refractivity contribution is 5.81. The maximum atomic E-state index is 14.5. The molecule has 37 heavy (non-hydrogen) atoms. The molecule has 2 aromatic heterocycles. The first-order chi connectivity index (χ1) is 18.0. The number of hydrogen-bond donors (Lipinski definition) is 1. The number of aryl methyl sites for hydroxylation is 2. The van der Waals surface area contributed by atoms with E-state index in [1.54, 1.807) is 6.07 Å². The van der Waals surface area contributed by atoms with Crippen molar-refractivity contribution < 1.29 is 4.39 Å². The van der Waals surface area contributed by atoms with Crippen molar-refractivity contribution in [2.45, 2.75) is 51.6 Å². The van der Waals surface area contributed by atoms with E-state index in [4.69, 9.17) is 0 Å². The predicted octanol–water partition coefficient (Wildman–Crippen LogP) is 4.30. The van der Waals surface area contributed by atoms with E-state index in [-0.39, 0.29) is 17.4 Å². The van der Waals surface area contributed by atoms with Crippen LogP contribution in [0.15, 0.2) is 47.3 Å². The number of fused-ring (bicyclic) bond motifs is 1. The van der Waals surface area contributed by atoms with Gasteiger partial charge in [-0.2, -0.15) is 0 Å². The molecule has 9 heteroatoms. The van der Waals surface area contributed by atoms with Crippen molar-refractivity contribution >= 4 is 16.6 Å². The predicted molar refractivity (Wildman–Crippen MR) is 141 cm³/mol. The number of anilines is 1. The lowest BCUT2D eigenvalue weighted by Gasteiger charge is -2.39. The summed E-state index contributed by atoms with van der Waals surface area (Å²) < 4.78 is 16.4. The number of tetrazole rings is 1. The number of rotatable bonds is 5. The van der Waals surface area contributed by atoms with Crippen molar-refractivity contribution in [1.29, 1.82) is 0 Å². The Morgan fingerprint density at radius 3 is 2.49 bits per heavy atom. The van der Waals surface area contributed by atoms with Gasteiger partial charge >= 0.3 is 0 Å². The molecule has 2 aromatic carbocycles. The monoisotopic (exact) mass is 501 g/mol. The summed E-state index contributed by atoms with van der Waals surface area (Å²) >= 11 is 0. The molecule has 4 aromatic rings. The lowest BCUT2D eigenvalue weighted by Crippen LogP contribution is -2.49. The number of para-hydroxylation sites is 1. The Morgan fingerprint density at radius 1 is 1.00 bits per heavy atom. The van der Waals surface area contributed by atoms with E-state index in [2.05, 4.69) is 50.2 Å². The van der Waals surface area contributed by atoms with Gasteiger partial charge < -0.3 is 9.88 Å². The summed E-state index contributed by atoms with van der Waals surface area (Å²) in [6.45, 7) is 6.73. The number of halogens is 1. The first-order valence-corrected chi connectivity index (χ1v) is 13.1. The van der Waals surface area contributed by atoms with Gasteiger partial charge in [-0.15, -0.1) is 5.10 Å². The molecule has 192 valence electrons. The summed E-state index contributed by atoms with van der Waals surface area (Å²) in [4.78, 5) is 21.0. The summed E-state index contributed by atoms with van der Waals surface area (Å²) in [5, 5.41) is 13.9. The topological polar surface area (TPSA) is 82.9 Å². The molecule has 6 rings (SSSR count). The molecule has 1 aliphatic carbocycles. The van der Waals surface area contributed by atoms with Gasteiger partial charge in [-0.05, 0) is 84.0 Å². The van der Waals surface area contributed by atoms with Crippen LogP contribution in [0.4, 0.5) is 10.1 Å². The van der Waals surface area contributed by atoms with Crippen molar-refractivity contribution in [2.24, 2.45) is 0 Å². The molecular weight excluding hydrogens is 469 g/mol. The highest BCUT2D eigenvalue weighted by atomic mass is 19.1. The van der Waals surface area contributed by atoms with E-state index < -0.39 is 6.04 Å². The number of H-pyrrole nitrogens is 1. The Hall–Kier alpha value is -3.59. The second kappa shape index (κ2) is 9.70. The van der Waals surface area contributed by atoms with Crippen LogP contribution in [0.2, 0.25) is 0 Å². The highest BCUT2D eigenvalue weighted by Gasteiger charge is 2.35. The number of aromatic nitrogens is 5. The van der Waals surface area contributed by atoms with E-state index in [1.165, 1.54) is 11.6 Å². The van der Waals surface area contributed by atoms with Crippen LogP contribution in [-0.2, 0) is 0 Å². The smallest absolute Gasteiger partial charge is 0.253 e. The fourth-order valence-electron chi connectivity index (χ4n) is 5.91. The van der Waals surface area contributed by atoms with Crippen LogP contribution in [0.5, 0.6) is 0 Å². The third-order valence-corrected chi connectivity index (χ3v) is 8.09. The van der Waals surface area contributed by atoms with Gasteiger partial charge in [0.25, 0.3) is 5.56 Å². The van der Waals surface area contributed by atoms with E-state index >= 15 is 0 Å². The fraction of sp³-hybridized carbons (Fsp3) is 0.429. The summed E-state index contributed by atoms with van der Waals surface area (Å²) in [5.74, 6) is 0.495. The molecule has 0 radical (unpaired) electrons. The summed E-state index contributed by atoms with van der Waals surface area (Å²) in [6, 6.07) is 12.9. The van der Waals surface area contributed by atoms with Gasteiger partial charge in [0.1, 0.15) is 11.9 Å². The Bertz CT molecular complexity index is 1480. The Morgan fingerprint density at radius 2 is 1.73 bits per heavy atom. The zero-order valence-corrected chi connectivity index (χ0v) is 21.3. The Labute approximate surface area is 215 Å². The quantitative estimate of drug-likeness (QED) is 0.439. The van der Waals surface area contributed by atoms with E-state index in [0.717, 1.165) is 42.1 Å². The first-order valence-electron chi connectivity index (χ1n) is 13.1. The van der Waals surface area contributed by atoms with Crippen molar-refractivity contribution in [2.75, 3.05) is 31.1 Å². The van der Waals surface area contributed by atoms with Gasteiger partial charge in [0, 0.05) is 37.3 Å². The van der Waals surface area contributed by atoms with Gasteiger partial charge in [-0.1, -0.05) is 25.0 Å².